The fourth-order valence-corrected chi connectivity index (χ4v) is 3.50. The molecule has 0 aliphatic rings. The Morgan fingerprint density at radius 3 is 2.45 bits per heavy atom. The highest BCUT2D eigenvalue weighted by Crippen LogP contribution is 2.18. The quantitative estimate of drug-likeness (QED) is 0.473. The van der Waals surface area contributed by atoms with Gasteiger partial charge in [-0.15, -0.1) is 11.7 Å². The van der Waals surface area contributed by atoms with Gasteiger partial charge < -0.3 is 9.88 Å². The van der Waals surface area contributed by atoms with Crippen LogP contribution in [-0.4, -0.2) is 31.6 Å². The Balaban J connectivity index is 1.88. The van der Waals surface area contributed by atoms with Gasteiger partial charge >= 0.3 is 0 Å². The number of nitrogens with one attached hydrogen (secondary N) is 1. The number of benzene rings is 2. The topological polar surface area (TPSA) is 81.3 Å². The van der Waals surface area contributed by atoms with Crippen LogP contribution in [0.3, 0.4) is 0 Å². The van der Waals surface area contributed by atoms with Crippen molar-refractivity contribution in [2.24, 2.45) is 0 Å². The van der Waals surface area contributed by atoms with Gasteiger partial charge in [0.15, 0.2) is 5.82 Å². The molecule has 7 heteroatoms. The van der Waals surface area contributed by atoms with E-state index in [9.17, 15) is 9.59 Å². The van der Waals surface area contributed by atoms with E-state index >= 15 is 0 Å². The lowest BCUT2D eigenvalue weighted by atomic mass is 10.0. The first kappa shape index (κ1) is 20.3. The summed E-state index contributed by atoms with van der Waals surface area (Å²) in [6, 6.07) is 19.2. The van der Waals surface area contributed by atoms with Gasteiger partial charge in [0.05, 0.1) is 0 Å². The maximum absolute atomic E-state index is 13.3. The van der Waals surface area contributed by atoms with Crippen molar-refractivity contribution in [1.82, 2.24) is 24.5 Å². The summed E-state index contributed by atoms with van der Waals surface area (Å²) in [5, 5.41) is 7.26. The molecular weight excluding hydrogens is 390 g/mol. The van der Waals surface area contributed by atoms with Gasteiger partial charge in [-0.05, 0) is 12.5 Å². The number of carbonyl (C=O) groups is 1. The highest BCUT2D eigenvalue weighted by atomic mass is 16.2. The SMILES string of the molecule is C=CCNC(=O)Cn1c(C)c(Cc2ccccc2)c(=O)n2nc(-c3ccccc3)nc12. The molecule has 0 spiro atoms. The van der Waals surface area contributed by atoms with Gasteiger partial charge in [0, 0.05) is 29.8 Å². The summed E-state index contributed by atoms with van der Waals surface area (Å²) >= 11 is 0. The van der Waals surface area contributed by atoms with E-state index in [1.165, 1.54) is 4.52 Å². The molecule has 156 valence electrons. The minimum absolute atomic E-state index is 0.0260. The fourth-order valence-electron chi connectivity index (χ4n) is 3.50. The van der Waals surface area contributed by atoms with Crippen LogP contribution >= 0.6 is 0 Å². The molecule has 0 saturated carbocycles. The van der Waals surface area contributed by atoms with Crippen LogP contribution in [0.15, 0.2) is 78.1 Å². The predicted octanol–water partition coefficient (Wildman–Crippen LogP) is 2.76. The van der Waals surface area contributed by atoms with Gasteiger partial charge in [-0.1, -0.05) is 66.7 Å². The number of hydrogen-bond donors (Lipinski definition) is 1. The molecule has 0 fully saturated rings. The van der Waals surface area contributed by atoms with E-state index in [0.717, 1.165) is 11.1 Å². The minimum Gasteiger partial charge on any atom is -0.351 e. The average Bonchev–Trinajstić information content (AvgIpc) is 3.25. The van der Waals surface area contributed by atoms with Crippen LogP contribution in [0.2, 0.25) is 0 Å². The third-order valence-corrected chi connectivity index (χ3v) is 5.12. The molecule has 0 aliphatic heterocycles. The van der Waals surface area contributed by atoms with Gasteiger partial charge in [-0.3, -0.25) is 9.59 Å². The zero-order chi connectivity index (χ0) is 21.8. The zero-order valence-corrected chi connectivity index (χ0v) is 17.3. The van der Waals surface area contributed by atoms with Crippen LogP contribution in [0.5, 0.6) is 0 Å². The molecule has 2 aromatic carbocycles. The first-order valence-corrected chi connectivity index (χ1v) is 10.0. The molecule has 4 rings (SSSR count). The predicted molar refractivity (Wildman–Crippen MR) is 120 cm³/mol. The van der Waals surface area contributed by atoms with E-state index in [2.05, 4.69) is 22.0 Å². The first-order chi connectivity index (χ1) is 15.1. The van der Waals surface area contributed by atoms with Crippen molar-refractivity contribution in [1.29, 1.82) is 0 Å². The second kappa shape index (κ2) is 8.79. The van der Waals surface area contributed by atoms with E-state index in [-0.39, 0.29) is 18.0 Å². The van der Waals surface area contributed by atoms with Gasteiger partial charge in [-0.25, -0.2) is 0 Å². The maximum atomic E-state index is 13.3. The van der Waals surface area contributed by atoms with Crippen LogP contribution in [0.25, 0.3) is 17.2 Å². The Morgan fingerprint density at radius 2 is 1.77 bits per heavy atom. The molecule has 0 radical (unpaired) electrons. The van der Waals surface area contributed by atoms with Crippen LogP contribution in [0.1, 0.15) is 16.8 Å². The molecule has 1 N–H and O–H groups in total. The number of rotatable bonds is 7. The summed E-state index contributed by atoms with van der Waals surface area (Å²) in [4.78, 5) is 30.4. The normalized spacial score (nSPS) is 10.9. The Labute approximate surface area is 179 Å². The number of hydrogen-bond acceptors (Lipinski definition) is 4. The fraction of sp³-hybridized carbons (Fsp3) is 0.167. The second-order valence-electron chi connectivity index (χ2n) is 7.22. The van der Waals surface area contributed by atoms with Crippen molar-refractivity contribution >= 4 is 11.7 Å². The van der Waals surface area contributed by atoms with E-state index in [1.807, 2.05) is 67.6 Å². The smallest absolute Gasteiger partial charge is 0.279 e. The molecule has 2 heterocycles. The summed E-state index contributed by atoms with van der Waals surface area (Å²) in [6.45, 7) is 5.87. The lowest BCUT2D eigenvalue weighted by Crippen LogP contribution is -2.32. The van der Waals surface area contributed by atoms with E-state index < -0.39 is 0 Å². The molecule has 0 unspecified atom stereocenters. The molecule has 0 atom stereocenters. The molecule has 31 heavy (non-hydrogen) atoms. The Bertz CT molecular complexity index is 1290. The van der Waals surface area contributed by atoms with Gasteiger partial charge in [-0.2, -0.15) is 9.50 Å². The Kier molecular flexibility index (Phi) is 5.75. The highest BCUT2D eigenvalue weighted by Gasteiger charge is 2.20. The van der Waals surface area contributed by atoms with Gasteiger partial charge in [0.1, 0.15) is 6.54 Å². The van der Waals surface area contributed by atoms with Crippen molar-refractivity contribution in [2.75, 3.05) is 6.54 Å². The van der Waals surface area contributed by atoms with Crippen molar-refractivity contribution < 1.29 is 4.79 Å². The second-order valence-corrected chi connectivity index (χ2v) is 7.22. The van der Waals surface area contributed by atoms with Crippen molar-refractivity contribution in [2.45, 2.75) is 19.9 Å². The van der Waals surface area contributed by atoms with E-state index in [4.69, 9.17) is 0 Å². The number of fused-ring (bicyclic) bond motifs is 1. The summed E-state index contributed by atoms with van der Waals surface area (Å²) in [5.41, 5.74) is 2.86. The van der Waals surface area contributed by atoms with Crippen LogP contribution in [-0.2, 0) is 17.8 Å². The average molecular weight is 413 g/mol. The van der Waals surface area contributed by atoms with Crippen LogP contribution in [0.4, 0.5) is 0 Å². The van der Waals surface area contributed by atoms with Crippen molar-refractivity contribution in [3.8, 4) is 11.4 Å². The van der Waals surface area contributed by atoms with Crippen molar-refractivity contribution in [3.63, 3.8) is 0 Å². The third-order valence-electron chi connectivity index (χ3n) is 5.12. The molecule has 0 bridgehead atoms. The molecule has 0 aliphatic carbocycles. The highest BCUT2D eigenvalue weighted by molar-refractivity contribution is 5.76. The monoisotopic (exact) mass is 413 g/mol. The molecule has 7 nitrogen and oxygen atoms in total. The van der Waals surface area contributed by atoms with Gasteiger partial charge in [0.2, 0.25) is 11.7 Å². The molecule has 1 amide bonds. The molecule has 4 aromatic rings. The zero-order valence-electron chi connectivity index (χ0n) is 17.3. The van der Waals surface area contributed by atoms with E-state index in [1.54, 1.807) is 10.6 Å². The van der Waals surface area contributed by atoms with Crippen LogP contribution in [0, 0.1) is 6.92 Å². The molecule has 0 saturated heterocycles. The number of nitrogens with zero attached hydrogens (tertiary/aromatic N) is 4. The Morgan fingerprint density at radius 1 is 1.10 bits per heavy atom. The van der Waals surface area contributed by atoms with Crippen LogP contribution < -0.4 is 10.9 Å². The summed E-state index contributed by atoms with van der Waals surface area (Å²) in [6.07, 6.45) is 2.06. The first-order valence-electron chi connectivity index (χ1n) is 10.0. The number of carbonyl (C=O) groups excluding carboxylic acids is 1. The number of amides is 1. The van der Waals surface area contributed by atoms with Crippen molar-refractivity contribution in [3.05, 3.63) is 100 Å². The van der Waals surface area contributed by atoms with Gasteiger partial charge in [0.25, 0.3) is 5.56 Å². The lowest BCUT2D eigenvalue weighted by molar-refractivity contribution is -0.121. The Hall–Kier alpha value is -4.00. The lowest BCUT2D eigenvalue weighted by Gasteiger charge is -2.15. The maximum Gasteiger partial charge on any atom is 0.279 e. The summed E-state index contributed by atoms with van der Waals surface area (Å²) in [5.74, 6) is 0.588. The number of aromatic nitrogens is 4. The summed E-state index contributed by atoms with van der Waals surface area (Å²) in [7, 11) is 0. The van der Waals surface area contributed by atoms with E-state index in [0.29, 0.717) is 35.8 Å². The third kappa shape index (κ3) is 4.16. The summed E-state index contributed by atoms with van der Waals surface area (Å²) < 4.78 is 3.05. The standard InChI is InChI=1S/C24H23N5O2/c1-3-14-25-21(30)16-28-17(2)20(15-18-10-6-4-7-11-18)23(31)29-24(28)26-22(27-29)19-12-8-5-9-13-19/h3-13H,1,14-16H2,2H3,(H,25,30). The minimum atomic E-state index is -0.228. The molecular formula is C24H23N5O2. The largest absolute Gasteiger partial charge is 0.351 e. The molecule has 2 aromatic heterocycles.